The highest BCUT2D eigenvalue weighted by atomic mass is 32.2. The second kappa shape index (κ2) is 8.43. The first-order valence-electron chi connectivity index (χ1n) is 7.29. The standard InChI is InChI=1S/C18H16F2N2O2S/c1-22(2)18(24)25-13-6-3-5-12(11-13)21-17(23)10-9-14-15(19)7-4-8-16(14)20/h3-11H,1-2H3,(H,21,23)/b10-9+. The highest BCUT2D eigenvalue weighted by Crippen LogP contribution is 2.23. The number of rotatable bonds is 4. The molecule has 0 aliphatic rings. The zero-order chi connectivity index (χ0) is 18.4. The van der Waals surface area contributed by atoms with Gasteiger partial charge in [0.25, 0.3) is 5.24 Å². The molecular formula is C18H16F2N2O2S. The number of nitrogens with one attached hydrogen (secondary N) is 1. The SMILES string of the molecule is CN(C)C(=O)Sc1cccc(NC(=O)/C=C/c2c(F)cccc2F)c1. The van der Waals surface area contributed by atoms with E-state index in [2.05, 4.69) is 5.32 Å². The lowest BCUT2D eigenvalue weighted by Gasteiger charge is -2.10. The zero-order valence-corrected chi connectivity index (χ0v) is 14.4. The molecule has 0 bridgehead atoms. The molecule has 0 heterocycles. The average Bonchev–Trinajstić information content (AvgIpc) is 2.54. The van der Waals surface area contributed by atoms with E-state index >= 15 is 0 Å². The van der Waals surface area contributed by atoms with Gasteiger partial charge in [-0.1, -0.05) is 12.1 Å². The Bertz CT molecular complexity index is 802. The molecule has 0 saturated heterocycles. The first-order valence-corrected chi connectivity index (χ1v) is 8.11. The van der Waals surface area contributed by atoms with Gasteiger partial charge in [-0.2, -0.15) is 0 Å². The first kappa shape index (κ1) is 18.7. The van der Waals surface area contributed by atoms with Crippen LogP contribution in [0.3, 0.4) is 0 Å². The van der Waals surface area contributed by atoms with Crippen LogP contribution in [0.25, 0.3) is 6.08 Å². The van der Waals surface area contributed by atoms with E-state index in [0.717, 1.165) is 36.0 Å². The quantitative estimate of drug-likeness (QED) is 0.648. The number of carbonyl (C=O) groups excluding carboxylic acids is 2. The molecule has 7 heteroatoms. The molecule has 2 aromatic carbocycles. The van der Waals surface area contributed by atoms with E-state index in [4.69, 9.17) is 0 Å². The van der Waals surface area contributed by atoms with Crippen molar-refractivity contribution in [3.63, 3.8) is 0 Å². The minimum absolute atomic E-state index is 0.140. The lowest BCUT2D eigenvalue weighted by molar-refractivity contribution is -0.111. The van der Waals surface area contributed by atoms with Gasteiger partial charge >= 0.3 is 0 Å². The van der Waals surface area contributed by atoms with Crippen molar-refractivity contribution in [2.45, 2.75) is 4.90 Å². The lowest BCUT2D eigenvalue weighted by atomic mass is 10.2. The molecule has 0 aliphatic heterocycles. The highest BCUT2D eigenvalue weighted by molar-refractivity contribution is 8.13. The van der Waals surface area contributed by atoms with Gasteiger partial charge in [0.1, 0.15) is 11.6 Å². The van der Waals surface area contributed by atoms with Gasteiger partial charge in [0.05, 0.1) is 0 Å². The average molecular weight is 362 g/mol. The van der Waals surface area contributed by atoms with Crippen molar-refractivity contribution in [1.82, 2.24) is 4.90 Å². The fourth-order valence-corrected chi connectivity index (χ4v) is 2.56. The van der Waals surface area contributed by atoms with E-state index in [0.29, 0.717) is 10.6 Å². The van der Waals surface area contributed by atoms with Crippen LogP contribution >= 0.6 is 11.8 Å². The molecule has 0 atom stereocenters. The van der Waals surface area contributed by atoms with Crippen molar-refractivity contribution in [1.29, 1.82) is 0 Å². The summed E-state index contributed by atoms with van der Waals surface area (Å²) in [6.45, 7) is 0. The molecule has 25 heavy (non-hydrogen) atoms. The third kappa shape index (κ3) is 5.42. The van der Waals surface area contributed by atoms with E-state index in [1.54, 1.807) is 38.4 Å². The molecule has 130 valence electrons. The maximum atomic E-state index is 13.5. The van der Waals surface area contributed by atoms with E-state index in [1.807, 2.05) is 0 Å². The molecule has 0 fully saturated rings. The van der Waals surface area contributed by atoms with E-state index in [1.165, 1.54) is 11.0 Å². The van der Waals surface area contributed by atoms with Crippen LogP contribution in [-0.4, -0.2) is 30.1 Å². The van der Waals surface area contributed by atoms with Crippen molar-refractivity contribution < 1.29 is 18.4 Å². The van der Waals surface area contributed by atoms with Crippen molar-refractivity contribution in [3.05, 3.63) is 65.7 Å². The monoisotopic (exact) mass is 362 g/mol. The van der Waals surface area contributed by atoms with Crippen LogP contribution in [-0.2, 0) is 4.79 Å². The van der Waals surface area contributed by atoms with Crippen LogP contribution in [0.4, 0.5) is 19.3 Å². The van der Waals surface area contributed by atoms with Crippen molar-refractivity contribution >= 4 is 34.7 Å². The Morgan fingerprint density at radius 2 is 1.72 bits per heavy atom. The van der Waals surface area contributed by atoms with Gasteiger partial charge in [-0.05, 0) is 48.2 Å². The molecule has 0 spiro atoms. The van der Waals surface area contributed by atoms with Crippen LogP contribution in [0.1, 0.15) is 5.56 Å². The second-order valence-corrected chi connectivity index (χ2v) is 6.27. The number of anilines is 1. The molecule has 0 radical (unpaired) electrons. The highest BCUT2D eigenvalue weighted by Gasteiger charge is 2.08. The number of hydrogen-bond donors (Lipinski definition) is 1. The Labute approximate surface area is 148 Å². The zero-order valence-electron chi connectivity index (χ0n) is 13.6. The number of halogens is 2. The fourth-order valence-electron chi connectivity index (χ4n) is 1.84. The molecule has 0 aromatic heterocycles. The van der Waals surface area contributed by atoms with Crippen molar-refractivity contribution in [2.75, 3.05) is 19.4 Å². The van der Waals surface area contributed by atoms with Crippen LogP contribution < -0.4 is 5.32 Å². The van der Waals surface area contributed by atoms with Crippen LogP contribution in [0.15, 0.2) is 53.4 Å². The minimum Gasteiger partial charge on any atom is -0.339 e. The Kier molecular flexibility index (Phi) is 6.30. The molecule has 4 nitrogen and oxygen atoms in total. The summed E-state index contributed by atoms with van der Waals surface area (Å²) in [6, 6.07) is 10.2. The van der Waals surface area contributed by atoms with E-state index in [9.17, 15) is 18.4 Å². The summed E-state index contributed by atoms with van der Waals surface area (Å²) in [4.78, 5) is 25.7. The maximum Gasteiger partial charge on any atom is 0.285 e. The summed E-state index contributed by atoms with van der Waals surface area (Å²) >= 11 is 1.03. The molecule has 0 unspecified atom stereocenters. The summed E-state index contributed by atoms with van der Waals surface area (Å²) < 4.78 is 27.0. The third-order valence-electron chi connectivity index (χ3n) is 3.07. The summed E-state index contributed by atoms with van der Waals surface area (Å²) in [5, 5.41) is 2.44. The Balaban J connectivity index is 2.06. The normalized spacial score (nSPS) is 10.7. The van der Waals surface area contributed by atoms with Crippen molar-refractivity contribution in [3.8, 4) is 0 Å². The van der Waals surface area contributed by atoms with Crippen molar-refractivity contribution in [2.24, 2.45) is 0 Å². The molecule has 0 saturated carbocycles. The molecule has 0 aliphatic carbocycles. The fraction of sp³-hybridized carbons (Fsp3) is 0.111. The minimum atomic E-state index is -0.746. The van der Waals surface area contributed by atoms with Crippen LogP contribution in [0.5, 0.6) is 0 Å². The number of amides is 2. The Morgan fingerprint density at radius 3 is 2.36 bits per heavy atom. The molecule has 2 aromatic rings. The molecule has 2 amide bonds. The van der Waals surface area contributed by atoms with Gasteiger partial charge in [0.2, 0.25) is 5.91 Å². The van der Waals surface area contributed by atoms with Gasteiger partial charge in [0.15, 0.2) is 0 Å². The number of hydrogen-bond acceptors (Lipinski definition) is 3. The summed E-state index contributed by atoms with van der Waals surface area (Å²) in [7, 11) is 3.29. The number of carbonyl (C=O) groups is 2. The predicted octanol–water partition coefficient (Wildman–Crippen LogP) is 4.39. The number of thioether (sulfide) groups is 1. The van der Waals surface area contributed by atoms with Crippen LogP contribution in [0, 0.1) is 11.6 Å². The topological polar surface area (TPSA) is 49.4 Å². The van der Waals surface area contributed by atoms with Crippen LogP contribution in [0.2, 0.25) is 0 Å². The van der Waals surface area contributed by atoms with Gasteiger partial charge in [-0.15, -0.1) is 0 Å². The summed E-state index contributed by atoms with van der Waals surface area (Å²) in [5.74, 6) is -2.03. The summed E-state index contributed by atoms with van der Waals surface area (Å²) in [6.07, 6.45) is 2.13. The molecular weight excluding hydrogens is 346 g/mol. The maximum absolute atomic E-state index is 13.5. The molecule has 1 N–H and O–H groups in total. The van der Waals surface area contributed by atoms with Gasteiger partial charge in [0, 0.05) is 36.3 Å². The first-order chi connectivity index (χ1) is 11.9. The predicted molar refractivity (Wildman–Crippen MR) is 95.4 cm³/mol. The second-order valence-electron chi connectivity index (χ2n) is 5.25. The Morgan fingerprint density at radius 1 is 1.08 bits per heavy atom. The van der Waals surface area contributed by atoms with Gasteiger partial charge in [-0.3, -0.25) is 9.59 Å². The Hall–Kier alpha value is -2.67. The smallest absolute Gasteiger partial charge is 0.285 e. The number of benzene rings is 2. The van der Waals surface area contributed by atoms with E-state index in [-0.39, 0.29) is 10.8 Å². The van der Waals surface area contributed by atoms with E-state index < -0.39 is 17.5 Å². The number of nitrogens with zero attached hydrogens (tertiary/aromatic N) is 1. The van der Waals surface area contributed by atoms with Gasteiger partial charge < -0.3 is 10.2 Å². The summed E-state index contributed by atoms with van der Waals surface area (Å²) in [5.41, 5.74) is 0.193. The largest absolute Gasteiger partial charge is 0.339 e. The lowest BCUT2D eigenvalue weighted by Crippen LogP contribution is -2.16. The third-order valence-corrected chi connectivity index (χ3v) is 4.10. The van der Waals surface area contributed by atoms with Gasteiger partial charge in [-0.25, -0.2) is 8.78 Å². The molecule has 2 rings (SSSR count).